The molecule has 1 heterocycles. The van der Waals surface area contributed by atoms with Crippen molar-refractivity contribution in [3.8, 4) is 5.75 Å². The number of carboxylic acids is 1. The number of methoxy groups -OCH3 is 1. The highest BCUT2D eigenvalue weighted by Crippen LogP contribution is 2.34. The molecule has 1 aliphatic heterocycles. The largest absolute Gasteiger partial charge is 0.497 e. The average Bonchev–Trinajstić information content (AvgIpc) is 2.83. The van der Waals surface area contributed by atoms with E-state index in [1.165, 1.54) is 0 Å². The minimum absolute atomic E-state index is 0.645. The van der Waals surface area contributed by atoms with E-state index >= 15 is 0 Å². The Labute approximate surface area is 114 Å². The molecule has 4 nitrogen and oxygen atoms in total. The Morgan fingerprint density at radius 2 is 2.32 bits per heavy atom. The Morgan fingerprint density at radius 3 is 2.95 bits per heavy atom. The molecule has 0 radical (unpaired) electrons. The summed E-state index contributed by atoms with van der Waals surface area (Å²) in [6.07, 6.45) is 2.33. The van der Waals surface area contributed by atoms with Crippen molar-refractivity contribution in [3.05, 3.63) is 29.8 Å². The average molecular weight is 263 g/mol. The third-order valence-electron chi connectivity index (χ3n) is 4.11. The molecule has 19 heavy (non-hydrogen) atoms. The van der Waals surface area contributed by atoms with Gasteiger partial charge in [0.1, 0.15) is 11.3 Å². The van der Waals surface area contributed by atoms with Gasteiger partial charge in [-0.2, -0.15) is 0 Å². The number of rotatable bonds is 5. The quantitative estimate of drug-likeness (QED) is 0.887. The lowest BCUT2D eigenvalue weighted by Gasteiger charge is -2.33. The van der Waals surface area contributed by atoms with Gasteiger partial charge in [-0.3, -0.25) is 9.69 Å². The molecule has 1 aromatic carbocycles. The molecule has 0 bridgehead atoms. The Kier molecular flexibility index (Phi) is 4.10. The van der Waals surface area contributed by atoms with Crippen LogP contribution in [0.1, 0.15) is 31.7 Å². The maximum absolute atomic E-state index is 11.6. The smallest absolute Gasteiger partial charge is 0.324 e. The van der Waals surface area contributed by atoms with Crippen LogP contribution in [0.5, 0.6) is 5.75 Å². The summed E-state index contributed by atoms with van der Waals surface area (Å²) in [5.74, 6) is 0.115. The highest BCUT2D eigenvalue weighted by atomic mass is 16.5. The van der Waals surface area contributed by atoms with Crippen LogP contribution in [0.3, 0.4) is 0 Å². The van der Waals surface area contributed by atoms with Gasteiger partial charge in [-0.15, -0.1) is 0 Å². The molecule has 0 aliphatic carbocycles. The first-order valence-electron chi connectivity index (χ1n) is 6.74. The van der Waals surface area contributed by atoms with Gasteiger partial charge in [-0.05, 0) is 43.5 Å². The Bertz CT molecular complexity index is 460. The van der Waals surface area contributed by atoms with E-state index in [0.29, 0.717) is 13.0 Å². The van der Waals surface area contributed by atoms with Crippen molar-refractivity contribution in [3.63, 3.8) is 0 Å². The van der Waals surface area contributed by atoms with Crippen LogP contribution in [-0.2, 0) is 11.3 Å². The first kappa shape index (κ1) is 13.9. The molecule has 0 amide bonds. The maximum Gasteiger partial charge on any atom is 0.324 e. The van der Waals surface area contributed by atoms with Crippen LogP contribution >= 0.6 is 0 Å². The van der Waals surface area contributed by atoms with Gasteiger partial charge in [0.25, 0.3) is 0 Å². The van der Waals surface area contributed by atoms with Gasteiger partial charge in [0.05, 0.1) is 7.11 Å². The summed E-state index contributed by atoms with van der Waals surface area (Å²) >= 11 is 0. The summed E-state index contributed by atoms with van der Waals surface area (Å²) in [6.45, 7) is 3.46. The second-order valence-electron chi connectivity index (χ2n) is 5.07. The maximum atomic E-state index is 11.6. The summed E-state index contributed by atoms with van der Waals surface area (Å²) in [5.41, 5.74) is 0.406. The highest BCUT2D eigenvalue weighted by Gasteiger charge is 2.45. The van der Waals surface area contributed by atoms with Gasteiger partial charge in [0.2, 0.25) is 0 Å². The van der Waals surface area contributed by atoms with Crippen molar-refractivity contribution in [1.82, 2.24) is 4.90 Å². The van der Waals surface area contributed by atoms with Gasteiger partial charge in [-0.25, -0.2) is 0 Å². The molecule has 4 heteroatoms. The molecule has 1 saturated heterocycles. The van der Waals surface area contributed by atoms with E-state index in [2.05, 4.69) is 4.90 Å². The van der Waals surface area contributed by atoms with Crippen LogP contribution in [0, 0.1) is 0 Å². The number of nitrogens with zero attached hydrogens (tertiary/aromatic N) is 1. The van der Waals surface area contributed by atoms with Crippen molar-refractivity contribution < 1.29 is 14.6 Å². The highest BCUT2D eigenvalue weighted by molar-refractivity contribution is 5.79. The van der Waals surface area contributed by atoms with Crippen molar-refractivity contribution >= 4 is 5.97 Å². The van der Waals surface area contributed by atoms with E-state index in [4.69, 9.17) is 4.74 Å². The molecule has 2 rings (SSSR count). The number of hydrogen-bond acceptors (Lipinski definition) is 3. The van der Waals surface area contributed by atoms with E-state index in [0.717, 1.165) is 30.7 Å². The lowest BCUT2D eigenvalue weighted by Crippen LogP contribution is -2.49. The van der Waals surface area contributed by atoms with E-state index in [1.807, 2.05) is 31.2 Å². The molecule has 0 spiro atoms. The minimum Gasteiger partial charge on any atom is -0.497 e. The van der Waals surface area contributed by atoms with E-state index in [-0.39, 0.29) is 0 Å². The van der Waals surface area contributed by atoms with Crippen LogP contribution in [0.4, 0.5) is 0 Å². The van der Waals surface area contributed by atoms with Crippen molar-refractivity contribution in [2.45, 2.75) is 38.3 Å². The molecule has 1 unspecified atom stereocenters. The number of carboxylic acid groups (broad SMARTS) is 1. The fourth-order valence-electron chi connectivity index (χ4n) is 2.95. The molecular weight excluding hydrogens is 242 g/mol. The van der Waals surface area contributed by atoms with E-state index in [1.54, 1.807) is 7.11 Å². The summed E-state index contributed by atoms with van der Waals surface area (Å²) in [4.78, 5) is 13.7. The van der Waals surface area contributed by atoms with Gasteiger partial charge < -0.3 is 9.84 Å². The molecule has 0 saturated carbocycles. The molecule has 1 aliphatic rings. The zero-order valence-electron chi connectivity index (χ0n) is 11.6. The summed E-state index contributed by atoms with van der Waals surface area (Å²) < 4.78 is 5.21. The molecule has 104 valence electrons. The first-order chi connectivity index (χ1) is 9.12. The standard InChI is InChI=1S/C15H21NO3/c1-3-15(14(17)18)8-5-9-16(15)11-12-6-4-7-13(10-12)19-2/h4,6-7,10H,3,5,8-9,11H2,1-2H3,(H,17,18). The second-order valence-corrected chi connectivity index (χ2v) is 5.07. The Hall–Kier alpha value is -1.55. The predicted octanol–water partition coefficient (Wildman–Crippen LogP) is 2.52. The van der Waals surface area contributed by atoms with Gasteiger partial charge in [0, 0.05) is 6.54 Å². The van der Waals surface area contributed by atoms with Crippen LogP contribution < -0.4 is 4.74 Å². The number of hydrogen-bond donors (Lipinski definition) is 1. The Morgan fingerprint density at radius 1 is 1.53 bits per heavy atom. The molecule has 1 aromatic rings. The third-order valence-corrected chi connectivity index (χ3v) is 4.11. The molecule has 1 fully saturated rings. The lowest BCUT2D eigenvalue weighted by atomic mass is 9.92. The summed E-state index contributed by atoms with van der Waals surface area (Å²) in [5, 5.41) is 9.55. The van der Waals surface area contributed by atoms with Gasteiger partial charge in [-0.1, -0.05) is 19.1 Å². The SMILES string of the molecule is CCC1(C(=O)O)CCCN1Cc1cccc(OC)c1. The second kappa shape index (κ2) is 5.61. The molecular formula is C15H21NO3. The van der Waals surface area contributed by atoms with Crippen molar-refractivity contribution in [2.75, 3.05) is 13.7 Å². The lowest BCUT2D eigenvalue weighted by molar-refractivity contribution is -0.150. The van der Waals surface area contributed by atoms with Crippen LogP contribution in [0.25, 0.3) is 0 Å². The molecule has 1 atom stereocenters. The fourth-order valence-corrected chi connectivity index (χ4v) is 2.95. The van der Waals surface area contributed by atoms with Crippen LogP contribution in [0.2, 0.25) is 0 Å². The number of ether oxygens (including phenoxy) is 1. The fraction of sp³-hybridized carbons (Fsp3) is 0.533. The van der Waals surface area contributed by atoms with Crippen molar-refractivity contribution in [2.24, 2.45) is 0 Å². The summed E-state index contributed by atoms with van der Waals surface area (Å²) in [7, 11) is 1.64. The molecule has 1 N–H and O–H groups in total. The number of aliphatic carboxylic acids is 1. The van der Waals surface area contributed by atoms with Gasteiger partial charge in [0.15, 0.2) is 0 Å². The summed E-state index contributed by atoms with van der Waals surface area (Å²) in [6, 6.07) is 7.83. The zero-order valence-corrected chi connectivity index (χ0v) is 11.6. The minimum atomic E-state index is -0.699. The monoisotopic (exact) mass is 263 g/mol. The molecule has 0 aromatic heterocycles. The van der Waals surface area contributed by atoms with E-state index < -0.39 is 11.5 Å². The number of carbonyl (C=O) groups is 1. The van der Waals surface area contributed by atoms with Crippen molar-refractivity contribution in [1.29, 1.82) is 0 Å². The zero-order chi connectivity index (χ0) is 13.9. The topological polar surface area (TPSA) is 49.8 Å². The van der Waals surface area contributed by atoms with Crippen LogP contribution in [-0.4, -0.2) is 35.2 Å². The number of likely N-dealkylation sites (tertiary alicyclic amines) is 1. The first-order valence-corrected chi connectivity index (χ1v) is 6.74. The Balaban J connectivity index is 2.19. The van der Waals surface area contributed by atoms with Gasteiger partial charge >= 0.3 is 5.97 Å². The predicted molar refractivity (Wildman–Crippen MR) is 73.3 cm³/mol. The van der Waals surface area contributed by atoms with Crippen LogP contribution in [0.15, 0.2) is 24.3 Å². The van der Waals surface area contributed by atoms with E-state index in [9.17, 15) is 9.90 Å². The third kappa shape index (κ3) is 2.59. The normalized spacial score (nSPS) is 23.5. The number of benzene rings is 1.